The van der Waals surface area contributed by atoms with Crippen LogP contribution in [-0.2, 0) is 32.6 Å². The first-order chi connectivity index (χ1) is 13.5. The normalized spacial score (nSPS) is 26.3. The summed E-state index contributed by atoms with van der Waals surface area (Å²) in [5, 5.41) is 4.37. The Morgan fingerprint density at radius 1 is 1.28 bits per heavy atom. The molecular formula is C18H27N5O5S. The second-order valence-electron chi connectivity index (χ2n) is 8.94. The number of amides is 2. The summed E-state index contributed by atoms with van der Waals surface area (Å²) in [5.74, 6) is -0.423. The fourth-order valence-corrected chi connectivity index (χ4v) is 5.82. The van der Waals surface area contributed by atoms with Crippen molar-refractivity contribution in [3.05, 3.63) is 11.9 Å². The number of sulfonamides is 1. The predicted octanol–water partition coefficient (Wildman–Crippen LogP) is 1.12. The van der Waals surface area contributed by atoms with Crippen LogP contribution in [0.3, 0.4) is 0 Å². The Hall–Kier alpha value is -2.30. The lowest BCUT2D eigenvalue weighted by Gasteiger charge is -2.39. The second kappa shape index (κ2) is 6.61. The van der Waals surface area contributed by atoms with Gasteiger partial charge in [-0.2, -0.15) is 5.10 Å². The molecule has 4 heterocycles. The zero-order chi connectivity index (χ0) is 21.1. The molecule has 1 aromatic rings. The van der Waals surface area contributed by atoms with Crippen LogP contribution in [0.15, 0.2) is 6.20 Å². The Bertz CT molecular complexity index is 950. The van der Waals surface area contributed by atoms with Gasteiger partial charge in [-0.05, 0) is 34.1 Å². The van der Waals surface area contributed by atoms with E-state index in [4.69, 9.17) is 4.74 Å². The fraction of sp³-hybridized carbons (Fsp3) is 0.722. The number of aromatic nitrogens is 2. The lowest BCUT2D eigenvalue weighted by atomic mass is 10.1. The molecule has 11 heteroatoms. The molecule has 0 N–H and O–H groups in total. The van der Waals surface area contributed by atoms with Gasteiger partial charge in [0, 0.05) is 6.42 Å². The summed E-state index contributed by atoms with van der Waals surface area (Å²) in [6.45, 7) is 8.22. The second-order valence-corrected chi connectivity index (χ2v) is 10.8. The molecule has 2 atom stereocenters. The van der Waals surface area contributed by atoms with E-state index in [2.05, 4.69) is 5.10 Å². The number of carbonyl (C=O) groups excluding carboxylic acids is 2. The third-order valence-electron chi connectivity index (χ3n) is 5.58. The minimum Gasteiger partial charge on any atom is -0.444 e. The number of fused-ring (bicyclic) bond motifs is 2. The van der Waals surface area contributed by atoms with Crippen LogP contribution < -0.4 is 4.31 Å². The van der Waals surface area contributed by atoms with Crippen molar-refractivity contribution in [1.82, 2.24) is 19.6 Å². The van der Waals surface area contributed by atoms with E-state index in [1.54, 1.807) is 15.8 Å². The SMILES string of the molecule is C[C@H]1Cn2ncc(N3CC4CCC(=O)N4CS3(=O)=O)c2CN1C(=O)OC(C)(C)C. The van der Waals surface area contributed by atoms with Gasteiger partial charge in [-0.25, -0.2) is 13.2 Å². The Balaban J connectivity index is 1.62. The molecule has 10 nitrogen and oxygen atoms in total. The first-order valence-corrected chi connectivity index (χ1v) is 11.4. The largest absolute Gasteiger partial charge is 0.444 e. The summed E-state index contributed by atoms with van der Waals surface area (Å²) in [6, 6.07) is -0.253. The molecule has 4 rings (SSSR count). The average Bonchev–Trinajstić information content (AvgIpc) is 3.14. The first kappa shape index (κ1) is 20.0. The summed E-state index contributed by atoms with van der Waals surface area (Å²) >= 11 is 0. The van der Waals surface area contributed by atoms with Crippen LogP contribution in [-0.4, -0.2) is 70.1 Å². The van der Waals surface area contributed by atoms with Crippen molar-refractivity contribution in [1.29, 1.82) is 0 Å². The van der Waals surface area contributed by atoms with Gasteiger partial charge in [0.2, 0.25) is 5.91 Å². The van der Waals surface area contributed by atoms with Crippen molar-refractivity contribution >= 4 is 27.7 Å². The molecule has 2 fully saturated rings. The molecule has 160 valence electrons. The van der Waals surface area contributed by atoms with Gasteiger partial charge in [0.25, 0.3) is 10.0 Å². The molecule has 0 aliphatic carbocycles. The van der Waals surface area contributed by atoms with Gasteiger partial charge < -0.3 is 9.64 Å². The van der Waals surface area contributed by atoms with Crippen molar-refractivity contribution in [2.45, 2.75) is 71.3 Å². The number of hydrogen-bond donors (Lipinski definition) is 0. The van der Waals surface area contributed by atoms with Gasteiger partial charge in [-0.15, -0.1) is 0 Å². The Morgan fingerprint density at radius 3 is 2.69 bits per heavy atom. The summed E-state index contributed by atoms with van der Waals surface area (Å²) in [6.07, 6.45) is 2.14. The molecule has 0 bridgehead atoms. The van der Waals surface area contributed by atoms with E-state index in [-0.39, 0.29) is 37.0 Å². The summed E-state index contributed by atoms with van der Waals surface area (Å²) in [5.41, 5.74) is 0.520. The Labute approximate surface area is 170 Å². The predicted molar refractivity (Wildman–Crippen MR) is 104 cm³/mol. The lowest BCUT2D eigenvalue weighted by molar-refractivity contribution is -0.128. The number of rotatable bonds is 1. The maximum Gasteiger partial charge on any atom is 0.410 e. The van der Waals surface area contributed by atoms with E-state index in [1.807, 2.05) is 27.7 Å². The average molecular weight is 426 g/mol. The molecule has 1 unspecified atom stereocenters. The molecule has 29 heavy (non-hydrogen) atoms. The highest BCUT2D eigenvalue weighted by Crippen LogP contribution is 2.34. The topological polar surface area (TPSA) is 105 Å². The lowest BCUT2D eigenvalue weighted by Crippen LogP contribution is -2.55. The van der Waals surface area contributed by atoms with Crippen molar-refractivity contribution in [2.75, 3.05) is 16.7 Å². The third kappa shape index (κ3) is 3.56. The monoisotopic (exact) mass is 425 g/mol. The van der Waals surface area contributed by atoms with E-state index >= 15 is 0 Å². The summed E-state index contributed by atoms with van der Waals surface area (Å²) < 4.78 is 34.4. The van der Waals surface area contributed by atoms with Gasteiger partial charge in [-0.1, -0.05) is 0 Å². The molecule has 2 saturated heterocycles. The highest BCUT2D eigenvalue weighted by molar-refractivity contribution is 7.92. The van der Waals surface area contributed by atoms with Crippen LogP contribution in [0.4, 0.5) is 10.5 Å². The van der Waals surface area contributed by atoms with Gasteiger partial charge >= 0.3 is 6.09 Å². The highest BCUT2D eigenvalue weighted by atomic mass is 32.2. The molecule has 1 aromatic heterocycles. The van der Waals surface area contributed by atoms with Crippen LogP contribution in [0, 0.1) is 0 Å². The zero-order valence-electron chi connectivity index (χ0n) is 17.2. The maximum atomic E-state index is 12.9. The molecule has 0 radical (unpaired) electrons. The van der Waals surface area contributed by atoms with Gasteiger partial charge in [0.15, 0.2) is 0 Å². The smallest absolute Gasteiger partial charge is 0.410 e. The minimum atomic E-state index is -3.70. The standard InChI is InChI=1S/C18H27N5O5S/c1-12-8-22-15(10-20(12)17(25)28-18(2,3)4)14(7-19-22)23-9-13-5-6-16(24)21(13)11-29(23,26)27/h7,12-13H,5-6,8-11H2,1-4H3/t12-,13?/m0/s1. The number of anilines is 1. The van der Waals surface area contributed by atoms with Crippen LogP contribution in [0.2, 0.25) is 0 Å². The molecule has 0 spiro atoms. The summed E-state index contributed by atoms with van der Waals surface area (Å²) in [4.78, 5) is 27.7. The molecule has 3 aliphatic rings. The van der Waals surface area contributed by atoms with E-state index in [0.29, 0.717) is 30.8 Å². The van der Waals surface area contributed by atoms with Crippen LogP contribution in [0.25, 0.3) is 0 Å². The van der Waals surface area contributed by atoms with E-state index in [0.717, 1.165) is 0 Å². The number of ether oxygens (including phenoxy) is 1. The van der Waals surface area contributed by atoms with Gasteiger partial charge in [-0.3, -0.25) is 18.7 Å². The van der Waals surface area contributed by atoms with Crippen LogP contribution >= 0.6 is 0 Å². The minimum absolute atomic E-state index is 0.111. The molecule has 0 saturated carbocycles. The Morgan fingerprint density at radius 2 is 2.00 bits per heavy atom. The van der Waals surface area contributed by atoms with Crippen molar-refractivity contribution in [2.24, 2.45) is 0 Å². The molecular weight excluding hydrogens is 398 g/mol. The van der Waals surface area contributed by atoms with Crippen LogP contribution in [0.1, 0.15) is 46.2 Å². The third-order valence-corrected chi connectivity index (χ3v) is 7.20. The molecule has 3 aliphatic heterocycles. The van der Waals surface area contributed by atoms with Crippen molar-refractivity contribution < 1.29 is 22.7 Å². The maximum absolute atomic E-state index is 12.9. The Kier molecular flexibility index (Phi) is 4.56. The van der Waals surface area contributed by atoms with Gasteiger partial charge in [0.05, 0.1) is 49.3 Å². The number of nitrogens with zero attached hydrogens (tertiary/aromatic N) is 5. The number of hydrogen-bond acceptors (Lipinski definition) is 6. The van der Waals surface area contributed by atoms with Crippen LogP contribution in [0.5, 0.6) is 0 Å². The molecule has 0 aromatic carbocycles. The highest BCUT2D eigenvalue weighted by Gasteiger charge is 2.44. The molecule has 2 amide bonds. The van der Waals surface area contributed by atoms with E-state index in [9.17, 15) is 18.0 Å². The van der Waals surface area contributed by atoms with Crippen molar-refractivity contribution in [3.63, 3.8) is 0 Å². The summed E-state index contributed by atoms with van der Waals surface area (Å²) in [7, 11) is -3.70. The van der Waals surface area contributed by atoms with E-state index in [1.165, 1.54) is 9.21 Å². The number of carbonyl (C=O) groups is 2. The van der Waals surface area contributed by atoms with E-state index < -0.39 is 21.7 Å². The zero-order valence-corrected chi connectivity index (χ0v) is 18.0. The van der Waals surface area contributed by atoms with Crippen molar-refractivity contribution in [3.8, 4) is 0 Å². The first-order valence-electron chi connectivity index (χ1n) is 9.80. The fourth-order valence-electron chi connectivity index (χ4n) is 4.12. The van der Waals surface area contributed by atoms with Gasteiger partial charge in [0.1, 0.15) is 11.5 Å². The quantitative estimate of drug-likeness (QED) is 0.668.